The molecule has 0 bridgehead atoms. The molecule has 0 spiro atoms. The maximum Gasteiger partial charge on any atom is 0.149 e. The van der Waals surface area contributed by atoms with Crippen molar-refractivity contribution in [3.63, 3.8) is 0 Å². The molecule has 0 N–H and O–H groups in total. The molecule has 1 saturated carbocycles. The molecule has 2 rings (SSSR count). The number of ketones is 1. The van der Waals surface area contributed by atoms with Crippen LogP contribution in [0, 0.1) is 12.8 Å². The molecular weight excluding hydrogens is 412 g/mol. The minimum absolute atomic E-state index is 0.0645. The number of hydrogen-bond acceptors (Lipinski definition) is 1. The van der Waals surface area contributed by atoms with E-state index in [0.717, 1.165) is 33.8 Å². The van der Waals surface area contributed by atoms with Crippen LogP contribution in [0.25, 0.3) is 0 Å². The Hall–Kier alpha value is 0.330. The fourth-order valence-corrected chi connectivity index (χ4v) is 4.26. The summed E-state index contributed by atoms with van der Waals surface area (Å²) in [6.07, 6.45) is 2.87. The third-order valence-corrected chi connectivity index (χ3v) is 5.15. The zero-order chi connectivity index (χ0) is 12.6. The van der Waals surface area contributed by atoms with Gasteiger partial charge in [-0.2, -0.15) is 0 Å². The molecule has 92 valence electrons. The standard InChI is InChI=1S/C13H13Br3O/c1-7-4-10(14)9(11(15)5-7)6-12(16)13(17)8-2-3-8/h4-5,8,12H,2-3,6H2,1H3. The first-order chi connectivity index (χ1) is 7.99. The monoisotopic (exact) mass is 422 g/mol. The molecule has 1 unspecified atom stereocenters. The zero-order valence-corrected chi connectivity index (χ0v) is 14.2. The van der Waals surface area contributed by atoms with Gasteiger partial charge < -0.3 is 0 Å². The van der Waals surface area contributed by atoms with E-state index in [4.69, 9.17) is 0 Å². The van der Waals surface area contributed by atoms with Crippen LogP contribution in [0.2, 0.25) is 0 Å². The Balaban J connectivity index is 2.15. The van der Waals surface area contributed by atoms with Crippen molar-refractivity contribution in [3.8, 4) is 0 Å². The lowest BCUT2D eigenvalue weighted by Crippen LogP contribution is -2.18. The van der Waals surface area contributed by atoms with Gasteiger partial charge in [0.15, 0.2) is 0 Å². The van der Waals surface area contributed by atoms with Crippen LogP contribution in [0.4, 0.5) is 0 Å². The Morgan fingerprint density at radius 1 is 1.35 bits per heavy atom. The van der Waals surface area contributed by atoms with E-state index >= 15 is 0 Å². The first-order valence-corrected chi connectivity index (χ1v) is 8.11. The number of halogens is 3. The molecule has 1 aromatic carbocycles. The molecule has 17 heavy (non-hydrogen) atoms. The number of carbonyl (C=O) groups excluding carboxylic acids is 1. The van der Waals surface area contributed by atoms with Gasteiger partial charge in [-0.1, -0.05) is 47.8 Å². The number of rotatable bonds is 4. The molecule has 4 heteroatoms. The van der Waals surface area contributed by atoms with E-state index in [0.29, 0.717) is 11.7 Å². The number of benzene rings is 1. The van der Waals surface area contributed by atoms with E-state index in [1.807, 2.05) is 0 Å². The highest BCUT2D eigenvalue weighted by atomic mass is 79.9. The van der Waals surface area contributed by atoms with Crippen molar-refractivity contribution in [2.75, 3.05) is 0 Å². The topological polar surface area (TPSA) is 17.1 Å². The Kier molecular flexibility index (Phi) is 4.48. The van der Waals surface area contributed by atoms with Crippen molar-refractivity contribution in [3.05, 3.63) is 32.2 Å². The second kappa shape index (κ2) is 5.54. The maximum atomic E-state index is 11.9. The fourth-order valence-electron chi connectivity index (χ4n) is 1.83. The summed E-state index contributed by atoms with van der Waals surface area (Å²) in [7, 11) is 0. The molecule has 0 aromatic heterocycles. The van der Waals surface area contributed by atoms with Crippen LogP contribution in [0.3, 0.4) is 0 Å². The molecule has 1 aliphatic rings. The van der Waals surface area contributed by atoms with Gasteiger partial charge >= 0.3 is 0 Å². The van der Waals surface area contributed by atoms with E-state index in [-0.39, 0.29) is 4.83 Å². The predicted molar refractivity (Wildman–Crippen MR) is 80.7 cm³/mol. The second-order valence-electron chi connectivity index (χ2n) is 4.56. The summed E-state index contributed by atoms with van der Waals surface area (Å²) in [5, 5.41) is 0. The highest BCUT2D eigenvalue weighted by Crippen LogP contribution is 2.35. The summed E-state index contributed by atoms with van der Waals surface area (Å²) in [5.74, 6) is 0.659. The van der Waals surface area contributed by atoms with Gasteiger partial charge in [-0.05, 0) is 49.4 Å². The average Bonchev–Trinajstić information content (AvgIpc) is 3.05. The molecule has 1 atom stereocenters. The Morgan fingerprint density at radius 3 is 2.35 bits per heavy atom. The van der Waals surface area contributed by atoms with Crippen LogP contribution in [-0.2, 0) is 11.2 Å². The van der Waals surface area contributed by atoms with Gasteiger partial charge in [-0.25, -0.2) is 0 Å². The van der Waals surface area contributed by atoms with Gasteiger partial charge in [0.2, 0.25) is 0 Å². The summed E-state index contributed by atoms with van der Waals surface area (Å²) in [4.78, 5) is 11.9. The number of hydrogen-bond donors (Lipinski definition) is 0. The first kappa shape index (κ1) is 13.8. The Bertz CT molecular complexity index is 429. The minimum atomic E-state index is -0.0645. The summed E-state index contributed by atoms with van der Waals surface area (Å²) in [5.41, 5.74) is 2.36. The quantitative estimate of drug-likeness (QED) is 0.634. The smallest absolute Gasteiger partial charge is 0.149 e. The first-order valence-electron chi connectivity index (χ1n) is 5.61. The Morgan fingerprint density at radius 2 is 1.88 bits per heavy atom. The van der Waals surface area contributed by atoms with E-state index in [9.17, 15) is 4.79 Å². The fraction of sp³-hybridized carbons (Fsp3) is 0.462. The zero-order valence-electron chi connectivity index (χ0n) is 9.47. The number of Topliss-reactive ketones (excluding diaryl/α,β-unsaturated/α-hetero) is 1. The van der Waals surface area contributed by atoms with Crippen LogP contribution >= 0.6 is 47.8 Å². The number of alkyl halides is 1. The number of aryl methyl sites for hydroxylation is 1. The summed E-state index contributed by atoms with van der Waals surface area (Å²) >= 11 is 10.6. The summed E-state index contributed by atoms with van der Waals surface area (Å²) in [6, 6.07) is 4.17. The SMILES string of the molecule is Cc1cc(Br)c(CC(Br)C(=O)C2CC2)c(Br)c1. The largest absolute Gasteiger partial charge is 0.298 e. The third-order valence-electron chi connectivity index (χ3n) is 2.96. The van der Waals surface area contributed by atoms with Gasteiger partial charge in [-0.3, -0.25) is 4.79 Å². The molecule has 1 nitrogen and oxygen atoms in total. The average molecular weight is 425 g/mol. The highest BCUT2D eigenvalue weighted by molar-refractivity contribution is 9.11. The molecule has 1 aromatic rings. The van der Waals surface area contributed by atoms with Crippen molar-refractivity contribution >= 4 is 53.6 Å². The highest BCUT2D eigenvalue weighted by Gasteiger charge is 2.33. The molecule has 1 aliphatic carbocycles. The van der Waals surface area contributed by atoms with Gasteiger partial charge in [-0.15, -0.1) is 0 Å². The predicted octanol–water partition coefficient (Wildman–Crippen LogP) is 4.81. The van der Waals surface area contributed by atoms with Crippen LogP contribution in [-0.4, -0.2) is 10.6 Å². The molecule has 1 fully saturated rings. The van der Waals surface area contributed by atoms with Gasteiger partial charge in [0.1, 0.15) is 5.78 Å². The molecule has 0 saturated heterocycles. The van der Waals surface area contributed by atoms with Crippen LogP contribution < -0.4 is 0 Å². The van der Waals surface area contributed by atoms with Crippen molar-refractivity contribution in [1.82, 2.24) is 0 Å². The normalized spacial score (nSPS) is 16.9. The molecule has 0 amide bonds. The van der Waals surface area contributed by atoms with E-state index < -0.39 is 0 Å². The summed E-state index contributed by atoms with van der Waals surface area (Å²) < 4.78 is 2.13. The molecular formula is C13H13Br3O. The number of carbonyl (C=O) groups is 1. The van der Waals surface area contributed by atoms with E-state index in [2.05, 4.69) is 66.8 Å². The van der Waals surface area contributed by atoms with Crippen LogP contribution in [0.15, 0.2) is 21.1 Å². The molecule has 0 heterocycles. The second-order valence-corrected chi connectivity index (χ2v) is 7.37. The van der Waals surface area contributed by atoms with Crippen LogP contribution in [0.5, 0.6) is 0 Å². The van der Waals surface area contributed by atoms with Crippen molar-refractivity contribution in [2.24, 2.45) is 5.92 Å². The lowest BCUT2D eigenvalue weighted by Gasteiger charge is -2.12. The van der Waals surface area contributed by atoms with E-state index in [1.165, 1.54) is 5.56 Å². The third kappa shape index (κ3) is 3.42. The lowest BCUT2D eigenvalue weighted by atomic mass is 10.0. The molecule has 0 radical (unpaired) electrons. The van der Waals surface area contributed by atoms with Crippen LogP contribution in [0.1, 0.15) is 24.0 Å². The maximum absolute atomic E-state index is 11.9. The Labute approximate surface area is 127 Å². The summed E-state index contributed by atoms with van der Waals surface area (Å²) in [6.45, 7) is 2.06. The van der Waals surface area contributed by atoms with Gasteiger partial charge in [0.25, 0.3) is 0 Å². The van der Waals surface area contributed by atoms with Crippen molar-refractivity contribution < 1.29 is 4.79 Å². The molecule has 0 aliphatic heterocycles. The minimum Gasteiger partial charge on any atom is -0.298 e. The van der Waals surface area contributed by atoms with Crippen molar-refractivity contribution in [1.29, 1.82) is 0 Å². The van der Waals surface area contributed by atoms with Gasteiger partial charge in [0, 0.05) is 14.9 Å². The van der Waals surface area contributed by atoms with Crippen molar-refractivity contribution in [2.45, 2.75) is 31.0 Å². The van der Waals surface area contributed by atoms with E-state index in [1.54, 1.807) is 0 Å². The van der Waals surface area contributed by atoms with Gasteiger partial charge in [0.05, 0.1) is 4.83 Å². The lowest BCUT2D eigenvalue weighted by molar-refractivity contribution is -0.119.